The molecule has 0 bridgehead atoms. The summed E-state index contributed by atoms with van der Waals surface area (Å²) in [6, 6.07) is 15.2. The lowest BCUT2D eigenvalue weighted by molar-refractivity contribution is -0.117. The first-order chi connectivity index (χ1) is 11.8. The second-order valence-electron chi connectivity index (χ2n) is 4.51. The first-order valence-electron chi connectivity index (χ1n) is 7.80. The number of rotatable bonds is 5. The minimum atomic E-state index is -0.387. The molecule has 0 spiro atoms. The van der Waals surface area contributed by atoms with Crippen molar-refractivity contribution in [3.05, 3.63) is 83.7 Å². The summed E-state index contributed by atoms with van der Waals surface area (Å²) in [6.45, 7) is 4.39. The van der Waals surface area contributed by atoms with E-state index in [-0.39, 0.29) is 11.5 Å². The van der Waals surface area contributed by atoms with Gasteiger partial charge in [-0.05, 0) is 23.3 Å². The van der Waals surface area contributed by atoms with E-state index in [4.69, 9.17) is 5.26 Å². The Hall–Kier alpha value is -3.19. The zero-order chi connectivity index (χ0) is 17.6. The second kappa shape index (κ2) is 11.4. The summed E-state index contributed by atoms with van der Waals surface area (Å²) >= 11 is 0. The van der Waals surface area contributed by atoms with Gasteiger partial charge in [0, 0.05) is 18.9 Å². The van der Waals surface area contributed by atoms with E-state index in [0.717, 1.165) is 11.1 Å². The van der Waals surface area contributed by atoms with Crippen molar-refractivity contribution in [2.75, 3.05) is 0 Å². The number of carbonyl (C=O) groups excluding carboxylic acids is 1. The summed E-state index contributed by atoms with van der Waals surface area (Å²) in [5.74, 6) is -0.387. The van der Waals surface area contributed by atoms with Crippen molar-refractivity contribution < 1.29 is 4.79 Å². The molecule has 1 amide bonds. The van der Waals surface area contributed by atoms with E-state index in [9.17, 15) is 4.79 Å². The zero-order valence-corrected chi connectivity index (χ0v) is 13.9. The maximum Gasteiger partial charge on any atom is 0.262 e. The number of nitriles is 1. The molecule has 0 saturated carbocycles. The Labute approximate surface area is 143 Å². The van der Waals surface area contributed by atoms with E-state index in [1.165, 1.54) is 6.08 Å². The molecule has 4 nitrogen and oxygen atoms in total. The summed E-state index contributed by atoms with van der Waals surface area (Å²) in [5.41, 5.74) is 1.95. The molecule has 1 N–H and O–H groups in total. The molecule has 0 aliphatic carbocycles. The molecule has 24 heavy (non-hydrogen) atoms. The molecular formula is C20H21N3O. The van der Waals surface area contributed by atoms with Crippen LogP contribution in [0.1, 0.15) is 25.0 Å². The van der Waals surface area contributed by atoms with Crippen LogP contribution in [-0.2, 0) is 11.3 Å². The van der Waals surface area contributed by atoms with E-state index in [2.05, 4.69) is 10.3 Å². The van der Waals surface area contributed by atoms with Crippen LogP contribution in [0.2, 0.25) is 0 Å². The minimum absolute atomic E-state index is 0.0658. The average molecular weight is 319 g/mol. The van der Waals surface area contributed by atoms with Crippen molar-refractivity contribution in [1.82, 2.24) is 10.3 Å². The highest BCUT2D eigenvalue weighted by Gasteiger charge is 2.06. The Kier molecular flexibility index (Phi) is 8.95. The van der Waals surface area contributed by atoms with Crippen LogP contribution < -0.4 is 5.32 Å². The average Bonchev–Trinajstić information content (AvgIpc) is 2.66. The zero-order valence-electron chi connectivity index (χ0n) is 13.9. The number of amides is 1. The number of nitrogens with zero attached hydrogens (tertiary/aromatic N) is 2. The van der Waals surface area contributed by atoms with Crippen molar-refractivity contribution in [2.45, 2.75) is 20.4 Å². The topological polar surface area (TPSA) is 65.8 Å². The molecule has 1 aromatic carbocycles. The van der Waals surface area contributed by atoms with Gasteiger partial charge in [-0.25, -0.2) is 0 Å². The fraction of sp³-hybridized carbons (Fsp3) is 0.150. The third kappa shape index (κ3) is 6.71. The molecule has 4 heteroatoms. The van der Waals surface area contributed by atoms with Crippen LogP contribution in [0.4, 0.5) is 0 Å². The van der Waals surface area contributed by atoms with Crippen molar-refractivity contribution in [3.8, 4) is 6.07 Å². The van der Waals surface area contributed by atoms with Gasteiger partial charge in [-0.1, -0.05) is 62.4 Å². The normalized spacial score (nSPS) is 10.5. The number of allylic oxidation sites excluding steroid dienone is 2. The Morgan fingerprint density at radius 1 is 1.21 bits per heavy atom. The molecule has 2 rings (SSSR count). The van der Waals surface area contributed by atoms with E-state index < -0.39 is 0 Å². The van der Waals surface area contributed by atoms with Crippen molar-refractivity contribution in [1.29, 1.82) is 5.26 Å². The van der Waals surface area contributed by atoms with Gasteiger partial charge in [0.15, 0.2) is 0 Å². The Morgan fingerprint density at radius 2 is 1.96 bits per heavy atom. The molecule has 0 unspecified atom stereocenters. The van der Waals surface area contributed by atoms with Gasteiger partial charge >= 0.3 is 0 Å². The number of hydrogen-bond acceptors (Lipinski definition) is 3. The van der Waals surface area contributed by atoms with Crippen LogP contribution >= 0.6 is 0 Å². The van der Waals surface area contributed by atoms with Crippen LogP contribution in [0.15, 0.2) is 72.6 Å². The van der Waals surface area contributed by atoms with Crippen molar-refractivity contribution in [3.63, 3.8) is 0 Å². The molecular weight excluding hydrogens is 298 g/mol. The summed E-state index contributed by atoms with van der Waals surface area (Å²) in [6.07, 6.45) is 8.33. The fourth-order valence-electron chi connectivity index (χ4n) is 1.77. The van der Waals surface area contributed by atoms with Gasteiger partial charge < -0.3 is 5.32 Å². The third-order valence-corrected chi connectivity index (χ3v) is 2.90. The molecule has 0 aliphatic heterocycles. The molecule has 1 heterocycles. The summed E-state index contributed by atoms with van der Waals surface area (Å²) in [4.78, 5) is 15.9. The summed E-state index contributed by atoms with van der Waals surface area (Å²) < 4.78 is 0. The lowest BCUT2D eigenvalue weighted by Crippen LogP contribution is -2.23. The quantitative estimate of drug-likeness (QED) is 0.516. The highest BCUT2D eigenvalue weighted by molar-refractivity contribution is 5.97. The van der Waals surface area contributed by atoms with Gasteiger partial charge in [0.05, 0.1) is 0 Å². The largest absolute Gasteiger partial charge is 0.347 e. The maximum atomic E-state index is 11.9. The van der Waals surface area contributed by atoms with E-state index >= 15 is 0 Å². The summed E-state index contributed by atoms with van der Waals surface area (Å²) in [7, 11) is 0. The lowest BCUT2D eigenvalue weighted by atomic mass is 10.2. The second-order valence-corrected chi connectivity index (χ2v) is 4.51. The molecule has 122 valence electrons. The number of aromatic nitrogens is 1. The smallest absolute Gasteiger partial charge is 0.262 e. The van der Waals surface area contributed by atoms with Crippen LogP contribution in [0.3, 0.4) is 0 Å². The van der Waals surface area contributed by atoms with Gasteiger partial charge in [0.1, 0.15) is 11.6 Å². The van der Waals surface area contributed by atoms with Crippen molar-refractivity contribution in [2.24, 2.45) is 0 Å². The highest BCUT2D eigenvalue weighted by atomic mass is 16.1. The van der Waals surface area contributed by atoms with Gasteiger partial charge in [0.2, 0.25) is 0 Å². The molecule has 2 aromatic rings. The third-order valence-electron chi connectivity index (χ3n) is 2.90. The van der Waals surface area contributed by atoms with E-state index in [1.54, 1.807) is 24.5 Å². The minimum Gasteiger partial charge on any atom is -0.347 e. The fourth-order valence-corrected chi connectivity index (χ4v) is 1.77. The van der Waals surface area contributed by atoms with Gasteiger partial charge in [0.25, 0.3) is 5.91 Å². The monoisotopic (exact) mass is 319 g/mol. The maximum absolute atomic E-state index is 11.9. The van der Waals surface area contributed by atoms with Gasteiger partial charge in [-0.3, -0.25) is 9.78 Å². The van der Waals surface area contributed by atoms with Crippen molar-refractivity contribution >= 4 is 12.0 Å². The van der Waals surface area contributed by atoms with Gasteiger partial charge in [-0.2, -0.15) is 5.26 Å². The molecule has 1 aromatic heterocycles. The molecule has 0 fully saturated rings. The van der Waals surface area contributed by atoms with E-state index in [1.807, 2.05) is 62.4 Å². The van der Waals surface area contributed by atoms with Crippen LogP contribution in [0, 0.1) is 11.3 Å². The number of nitrogens with one attached hydrogen (secondary N) is 1. The molecule has 0 saturated heterocycles. The first-order valence-corrected chi connectivity index (χ1v) is 7.80. The number of benzene rings is 1. The first kappa shape index (κ1) is 18.9. The van der Waals surface area contributed by atoms with Crippen LogP contribution in [0.25, 0.3) is 6.08 Å². The predicted molar refractivity (Wildman–Crippen MR) is 96.6 cm³/mol. The Morgan fingerprint density at radius 3 is 2.58 bits per heavy atom. The van der Waals surface area contributed by atoms with E-state index in [0.29, 0.717) is 6.54 Å². The molecule has 0 radical (unpaired) electrons. The van der Waals surface area contributed by atoms with Crippen LogP contribution in [0.5, 0.6) is 0 Å². The Balaban J connectivity index is 0.00000139. The van der Waals surface area contributed by atoms with Gasteiger partial charge in [-0.15, -0.1) is 0 Å². The molecule has 0 atom stereocenters. The Bertz CT molecular complexity index is 714. The predicted octanol–water partition coefficient (Wildman–Crippen LogP) is 3.89. The molecule has 0 aliphatic rings. The standard InChI is InChI=1S/C18H15N3O.C2H6/c19-12-17(10-4-8-15-9-5-11-20-13-15)18(22)21-14-16-6-2-1-3-7-16;1-2/h1-11,13H,14H2,(H,21,22);1-2H3/b8-4+,17-10+;. The number of carbonyl (C=O) groups is 1. The summed E-state index contributed by atoms with van der Waals surface area (Å²) in [5, 5.41) is 11.8. The lowest BCUT2D eigenvalue weighted by Gasteiger charge is -2.03. The highest BCUT2D eigenvalue weighted by Crippen LogP contribution is 2.02. The van der Waals surface area contributed by atoms with Crippen LogP contribution in [-0.4, -0.2) is 10.9 Å². The SMILES string of the molecule is CC.N#C/C(=C\C=C\c1cccnc1)C(=O)NCc1ccccc1. The number of pyridine rings is 1. The number of hydrogen-bond donors (Lipinski definition) is 1.